The SMILES string of the molecule is Cc1cc(C)cc(CCNC(=O)CC2CC3CCC(C2)N3)c1. The Hall–Kier alpha value is -1.35. The highest BCUT2D eigenvalue weighted by Gasteiger charge is 2.33. The van der Waals surface area contributed by atoms with E-state index >= 15 is 0 Å². The van der Waals surface area contributed by atoms with Crippen molar-refractivity contribution >= 4 is 5.91 Å². The standard InChI is InChI=1S/C19H28N2O/c1-13-7-14(2)9-15(8-13)5-6-20-19(22)12-16-10-17-3-4-18(11-16)21-17/h7-9,16-18,21H,3-6,10-12H2,1-2H3,(H,20,22). The molecule has 2 unspecified atom stereocenters. The highest BCUT2D eigenvalue weighted by molar-refractivity contribution is 5.76. The number of rotatable bonds is 5. The largest absolute Gasteiger partial charge is 0.356 e. The van der Waals surface area contributed by atoms with Crippen LogP contribution in [0.1, 0.15) is 48.8 Å². The fourth-order valence-corrected chi connectivity index (χ4v) is 4.24. The summed E-state index contributed by atoms with van der Waals surface area (Å²) in [5.74, 6) is 0.815. The maximum atomic E-state index is 12.1. The van der Waals surface area contributed by atoms with Crippen LogP contribution in [-0.4, -0.2) is 24.5 Å². The van der Waals surface area contributed by atoms with Crippen molar-refractivity contribution in [2.45, 2.75) is 64.5 Å². The molecule has 2 heterocycles. The first-order valence-electron chi connectivity index (χ1n) is 8.68. The van der Waals surface area contributed by atoms with Gasteiger partial charge in [-0.3, -0.25) is 4.79 Å². The molecule has 2 N–H and O–H groups in total. The predicted octanol–water partition coefficient (Wildman–Crippen LogP) is 2.88. The third kappa shape index (κ3) is 4.10. The molecular weight excluding hydrogens is 272 g/mol. The second kappa shape index (κ2) is 6.82. The summed E-state index contributed by atoms with van der Waals surface area (Å²) in [5, 5.41) is 6.75. The van der Waals surface area contributed by atoms with E-state index in [4.69, 9.17) is 0 Å². The van der Waals surface area contributed by atoms with Crippen molar-refractivity contribution in [2.24, 2.45) is 5.92 Å². The number of nitrogens with one attached hydrogen (secondary N) is 2. The summed E-state index contributed by atoms with van der Waals surface area (Å²) in [4.78, 5) is 12.1. The molecule has 2 fully saturated rings. The van der Waals surface area contributed by atoms with E-state index in [1.807, 2.05) is 0 Å². The van der Waals surface area contributed by atoms with E-state index < -0.39 is 0 Å². The molecule has 22 heavy (non-hydrogen) atoms. The summed E-state index contributed by atoms with van der Waals surface area (Å²) >= 11 is 0. The van der Waals surface area contributed by atoms with Gasteiger partial charge >= 0.3 is 0 Å². The van der Waals surface area contributed by atoms with Gasteiger partial charge < -0.3 is 10.6 Å². The third-order valence-electron chi connectivity index (χ3n) is 5.06. The summed E-state index contributed by atoms with van der Waals surface area (Å²) in [5.41, 5.74) is 3.91. The van der Waals surface area contributed by atoms with Crippen LogP contribution in [0.5, 0.6) is 0 Å². The monoisotopic (exact) mass is 300 g/mol. The molecule has 0 saturated carbocycles. The van der Waals surface area contributed by atoms with Gasteiger partial charge in [-0.25, -0.2) is 0 Å². The van der Waals surface area contributed by atoms with Crippen LogP contribution < -0.4 is 10.6 Å². The quantitative estimate of drug-likeness (QED) is 0.878. The molecule has 1 aromatic rings. The number of benzene rings is 1. The van der Waals surface area contributed by atoms with Crippen LogP contribution in [0.4, 0.5) is 0 Å². The van der Waals surface area contributed by atoms with Gasteiger partial charge in [-0.1, -0.05) is 29.3 Å². The fourth-order valence-electron chi connectivity index (χ4n) is 4.24. The molecule has 0 aliphatic carbocycles. The minimum Gasteiger partial charge on any atom is -0.356 e. The Bertz CT molecular complexity index is 508. The van der Waals surface area contributed by atoms with Crippen molar-refractivity contribution in [1.82, 2.24) is 10.6 Å². The Labute approximate surface area is 133 Å². The van der Waals surface area contributed by atoms with Crippen LogP contribution in [0, 0.1) is 19.8 Å². The highest BCUT2D eigenvalue weighted by atomic mass is 16.1. The van der Waals surface area contributed by atoms with Gasteiger partial charge in [0.25, 0.3) is 0 Å². The van der Waals surface area contributed by atoms with E-state index in [0.29, 0.717) is 24.4 Å². The van der Waals surface area contributed by atoms with Crippen molar-refractivity contribution in [1.29, 1.82) is 0 Å². The molecule has 0 radical (unpaired) electrons. The van der Waals surface area contributed by atoms with Crippen LogP contribution >= 0.6 is 0 Å². The molecule has 0 spiro atoms. The minimum absolute atomic E-state index is 0.232. The fraction of sp³-hybridized carbons (Fsp3) is 0.632. The number of amides is 1. The molecule has 1 aromatic carbocycles. The zero-order valence-corrected chi connectivity index (χ0v) is 13.8. The second-order valence-electron chi connectivity index (χ2n) is 7.28. The van der Waals surface area contributed by atoms with Crippen molar-refractivity contribution in [3.8, 4) is 0 Å². The topological polar surface area (TPSA) is 41.1 Å². The zero-order chi connectivity index (χ0) is 15.5. The number of hydrogen-bond donors (Lipinski definition) is 2. The average Bonchev–Trinajstić information content (AvgIpc) is 2.77. The van der Waals surface area contributed by atoms with Crippen molar-refractivity contribution < 1.29 is 4.79 Å². The van der Waals surface area contributed by atoms with Crippen molar-refractivity contribution in [2.75, 3.05) is 6.54 Å². The number of hydrogen-bond acceptors (Lipinski definition) is 2. The summed E-state index contributed by atoms with van der Waals surface area (Å²) in [7, 11) is 0. The number of carbonyl (C=O) groups is 1. The molecule has 1 amide bonds. The van der Waals surface area contributed by atoms with E-state index in [9.17, 15) is 4.79 Å². The van der Waals surface area contributed by atoms with Gasteiger partial charge in [-0.15, -0.1) is 0 Å². The van der Waals surface area contributed by atoms with Crippen molar-refractivity contribution in [3.63, 3.8) is 0 Å². The van der Waals surface area contributed by atoms with Gasteiger partial charge in [0.15, 0.2) is 0 Å². The molecular formula is C19H28N2O. The molecule has 3 heteroatoms. The zero-order valence-electron chi connectivity index (χ0n) is 13.8. The van der Waals surface area contributed by atoms with Gasteiger partial charge in [0.05, 0.1) is 0 Å². The summed E-state index contributed by atoms with van der Waals surface area (Å²) < 4.78 is 0. The minimum atomic E-state index is 0.232. The summed E-state index contributed by atoms with van der Waals surface area (Å²) in [6.45, 7) is 5.00. The van der Waals surface area contributed by atoms with E-state index in [0.717, 1.165) is 13.0 Å². The van der Waals surface area contributed by atoms with Gasteiger partial charge in [0, 0.05) is 25.0 Å². The first-order valence-corrected chi connectivity index (χ1v) is 8.68. The summed E-state index contributed by atoms with van der Waals surface area (Å²) in [6, 6.07) is 7.96. The lowest BCUT2D eigenvalue weighted by atomic mass is 9.89. The Morgan fingerprint density at radius 1 is 1.14 bits per heavy atom. The number of piperidine rings is 1. The number of fused-ring (bicyclic) bond motifs is 2. The number of aryl methyl sites for hydroxylation is 2. The van der Waals surface area contributed by atoms with Gasteiger partial charge in [-0.2, -0.15) is 0 Å². The molecule has 2 saturated heterocycles. The third-order valence-corrected chi connectivity index (χ3v) is 5.06. The first kappa shape index (κ1) is 15.5. The number of carbonyl (C=O) groups excluding carboxylic acids is 1. The lowest BCUT2D eigenvalue weighted by Gasteiger charge is -2.28. The predicted molar refractivity (Wildman–Crippen MR) is 89.9 cm³/mol. The van der Waals surface area contributed by atoms with Crippen LogP contribution in [0.3, 0.4) is 0 Å². The van der Waals surface area contributed by atoms with E-state index in [2.05, 4.69) is 42.7 Å². The Kier molecular flexibility index (Phi) is 4.82. The molecule has 3 rings (SSSR count). The molecule has 3 nitrogen and oxygen atoms in total. The van der Waals surface area contributed by atoms with Gasteiger partial charge in [-0.05, 0) is 57.4 Å². The smallest absolute Gasteiger partial charge is 0.220 e. The van der Waals surface area contributed by atoms with Crippen LogP contribution in [0.15, 0.2) is 18.2 Å². The average molecular weight is 300 g/mol. The molecule has 2 aliphatic rings. The molecule has 2 atom stereocenters. The van der Waals surface area contributed by atoms with Crippen molar-refractivity contribution in [3.05, 3.63) is 34.9 Å². The highest BCUT2D eigenvalue weighted by Crippen LogP contribution is 2.32. The Morgan fingerprint density at radius 2 is 1.77 bits per heavy atom. The molecule has 0 aromatic heterocycles. The normalized spacial score (nSPS) is 26.9. The van der Waals surface area contributed by atoms with Gasteiger partial charge in [0.1, 0.15) is 0 Å². The Morgan fingerprint density at radius 3 is 2.41 bits per heavy atom. The lowest BCUT2D eigenvalue weighted by Crippen LogP contribution is -2.39. The Balaban J connectivity index is 1.41. The van der Waals surface area contributed by atoms with E-state index in [-0.39, 0.29) is 5.91 Å². The van der Waals surface area contributed by atoms with E-state index in [1.54, 1.807) is 0 Å². The maximum absolute atomic E-state index is 12.1. The second-order valence-corrected chi connectivity index (χ2v) is 7.28. The first-order chi connectivity index (χ1) is 10.6. The van der Waals surface area contributed by atoms with Crippen LogP contribution in [0.25, 0.3) is 0 Å². The van der Waals surface area contributed by atoms with E-state index in [1.165, 1.54) is 42.4 Å². The summed E-state index contributed by atoms with van der Waals surface area (Å²) in [6.07, 6.45) is 6.60. The lowest BCUT2D eigenvalue weighted by molar-refractivity contribution is -0.122. The van der Waals surface area contributed by atoms with Crippen LogP contribution in [0.2, 0.25) is 0 Å². The molecule has 120 valence electrons. The maximum Gasteiger partial charge on any atom is 0.220 e. The van der Waals surface area contributed by atoms with Crippen LogP contribution in [-0.2, 0) is 11.2 Å². The molecule has 2 aliphatic heterocycles. The van der Waals surface area contributed by atoms with Gasteiger partial charge in [0.2, 0.25) is 5.91 Å². The molecule has 2 bridgehead atoms.